The first-order valence-electron chi connectivity index (χ1n) is 8.27. The van der Waals surface area contributed by atoms with Crippen molar-refractivity contribution < 1.29 is 22.0 Å². The molecular weight excluding hydrogens is 377 g/mol. The van der Waals surface area contributed by atoms with Crippen LogP contribution in [0.25, 0.3) is 22.3 Å². The zero-order valence-electron chi connectivity index (χ0n) is 14.2. The fraction of sp³-hybridized carbons (Fsp3) is 0.100. The molecule has 4 rings (SSSR count). The Balaban J connectivity index is 2.00. The summed E-state index contributed by atoms with van der Waals surface area (Å²) in [6.45, 7) is -0.379. The maximum Gasteiger partial charge on any atom is 0.418 e. The minimum Gasteiger partial charge on any atom is -0.257 e. The van der Waals surface area contributed by atoms with Crippen molar-refractivity contribution in [1.29, 1.82) is 0 Å². The molecule has 0 atom stereocenters. The van der Waals surface area contributed by atoms with Gasteiger partial charge in [0.05, 0.1) is 23.5 Å². The van der Waals surface area contributed by atoms with E-state index in [-0.39, 0.29) is 28.7 Å². The third-order valence-electron chi connectivity index (χ3n) is 4.35. The van der Waals surface area contributed by atoms with E-state index in [2.05, 4.69) is 10.1 Å². The number of halogens is 5. The van der Waals surface area contributed by atoms with Gasteiger partial charge in [-0.3, -0.25) is 9.67 Å². The van der Waals surface area contributed by atoms with E-state index in [0.29, 0.717) is 5.69 Å². The molecule has 0 fully saturated rings. The molecule has 0 aliphatic rings. The fourth-order valence-electron chi connectivity index (χ4n) is 3.10. The number of pyridine rings is 1. The summed E-state index contributed by atoms with van der Waals surface area (Å²) in [5.74, 6) is -1.61. The Morgan fingerprint density at radius 1 is 0.857 bits per heavy atom. The summed E-state index contributed by atoms with van der Waals surface area (Å²) < 4.78 is 69.7. The summed E-state index contributed by atoms with van der Waals surface area (Å²) in [4.78, 5) is 4.18. The van der Waals surface area contributed by atoms with Crippen LogP contribution in [0, 0.1) is 11.6 Å². The number of hydrogen-bond donors (Lipinski definition) is 0. The summed E-state index contributed by atoms with van der Waals surface area (Å²) in [6.07, 6.45) is -3.14. The van der Waals surface area contributed by atoms with Crippen LogP contribution in [0.1, 0.15) is 11.1 Å². The molecule has 0 saturated heterocycles. The Kier molecular flexibility index (Phi) is 4.33. The second kappa shape index (κ2) is 6.70. The molecule has 0 saturated carbocycles. The van der Waals surface area contributed by atoms with Gasteiger partial charge in [-0.1, -0.05) is 24.3 Å². The number of fused-ring (bicyclic) bond motifs is 1. The highest BCUT2D eigenvalue weighted by Crippen LogP contribution is 2.37. The molecule has 0 amide bonds. The van der Waals surface area contributed by atoms with Crippen LogP contribution in [0.3, 0.4) is 0 Å². The van der Waals surface area contributed by atoms with Crippen molar-refractivity contribution >= 4 is 10.9 Å². The molecule has 28 heavy (non-hydrogen) atoms. The molecule has 0 aliphatic carbocycles. The third-order valence-corrected chi connectivity index (χ3v) is 4.35. The molecule has 0 unspecified atom stereocenters. The van der Waals surface area contributed by atoms with Crippen LogP contribution >= 0.6 is 0 Å². The van der Waals surface area contributed by atoms with Gasteiger partial charge in [0.2, 0.25) is 0 Å². The van der Waals surface area contributed by atoms with E-state index in [0.717, 1.165) is 22.9 Å². The van der Waals surface area contributed by atoms with E-state index in [1.807, 2.05) is 0 Å². The van der Waals surface area contributed by atoms with Crippen molar-refractivity contribution in [3.05, 3.63) is 83.6 Å². The lowest BCUT2D eigenvalue weighted by molar-refractivity contribution is -0.136. The third kappa shape index (κ3) is 3.11. The molecule has 0 radical (unpaired) electrons. The summed E-state index contributed by atoms with van der Waals surface area (Å²) in [5.41, 5.74) is -0.909. The predicted octanol–water partition coefficient (Wildman–Crippen LogP) is 5.44. The lowest BCUT2D eigenvalue weighted by atomic mass is 10.1. The minimum atomic E-state index is -4.62. The Morgan fingerprint density at radius 2 is 1.57 bits per heavy atom. The van der Waals surface area contributed by atoms with Crippen LogP contribution < -0.4 is 0 Å². The molecule has 0 bridgehead atoms. The second-order valence-corrected chi connectivity index (χ2v) is 6.12. The maximum atomic E-state index is 14.1. The monoisotopic (exact) mass is 389 g/mol. The van der Waals surface area contributed by atoms with E-state index >= 15 is 0 Å². The van der Waals surface area contributed by atoms with Crippen LogP contribution in [-0.2, 0) is 12.7 Å². The topological polar surface area (TPSA) is 30.7 Å². The largest absolute Gasteiger partial charge is 0.418 e. The van der Waals surface area contributed by atoms with E-state index in [4.69, 9.17) is 0 Å². The van der Waals surface area contributed by atoms with Crippen LogP contribution in [0.4, 0.5) is 22.0 Å². The van der Waals surface area contributed by atoms with Crippen LogP contribution in [-0.4, -0.2) is 14.8 Å². The van der Waals surface area contributed by atoms with Gasteiger partial charge in [-0.2, -0.15) is 18.3 Å². The molecule has 142 valence electrons. The Labute approximate surface area is 156 Å². The number of benzene rings is 2. The molecule has 0 aliphatic heterocycles. The molecule has 8 heteroatoms. The summed E-state index contributed by atoms with van der Waals surface area (Å²) in [6, 6.07) is 12.0. The maximum absolute atomic E-state index is 14.1. The molecule has 3 nitrogen and oxygen atoms in total. The smallest absolute Gasteiger partial charge is 0.257 e. The Bertz CT molecular complexity index is 1130. The SMILES string of the molecule is Fc1cccc(F)c1Cn1nc2c(C(F)(F)F)cccc2c1-c1ccccn1. The lowest BCUT2D eigenvalue weighted by Gasteiger charge is -2.09. The molecule has 4 aromatic rings. The van der Waals surface area contributed by atoms with E-state index in [1.165, 1.54) is 24.4 Å². The predicted molar refractivity (Wildman–Crippen MR) is 93.4 cm³/mol. The molecule has 2 aromatic carbocycles. The molecule has 2 heterocycles. The first kappa shape index (κ1) is 18.1. The average molecular weight is 389 g/mol. The van der Waals surface area contributed by atoms with Crippen molar-refractivity contribution in [2.75, 3.05) is 0 Å². The van der Waals surface area contributed by atoms with Gasteiger partial charge in [-0.15, -0.1) is 0 Å². The highest BCUT2D eigenvalue weighted by molar-refractivity contribution is 5.94. The van der Waals surface area contributed by atoms with Gasteiger partial charge >= 0.3 is 6.18 Å². The van der Waals surface area contributed by atoms with Crippen LogP contribution in [0.15, 0.2) is 60.8 Å². The zero-order valence-corrected chi connectivity index (χ0v) is 14.2. The Morgan fingerprint density at radius 3 is 2.21 bits per heavy atom. The number of nitrogens with zero attached hydrogens (tertiary/aromatic N) is 3. The standard InChI is InChI=1S/C20H12F5N3/c21-15-7-4-8-16(22)13(15)11-28-19(17-9-1-2-10-26-17)12-5-3-6-14(18(12)27-28)20(23,24)25/h1-10H,11H2. The van der Waals surface area contributed by atoms with Gasteiger partial charge in [0.25, 0.3) is 0 Å². The average Bonchev–Trinajstić information content (AvgIpc) is 3.02. The number of aromatic nitrogens is 3. The van der Waals surface area contributed by atoms with Gasteiger partial charge in [-0.05, 0) is 30.3 Å². The van der Waals surface area contributed by atoms with Gasteiger partial charge in [0.15, 0.2) is 0 Å². The highest BCUT2D eigenvalue weighted by atomic mass is 19.4. The zero-order chi connectivity index (χ0) is 19.9. The minimum absolute atomic E-state index is 0.199. The number of alkyl halides is 3. The second-order valence-electron chi connectivity index (χ2n) is 6.12. The van der Waals surface area contributed by atoms with Crippen LogP contribution in [0.5, 0.6) is 0 Å². The van der Waals surface area contributed by atoms with Gasteiger partial charge in [0.1, 0.15) is 17.2 Å². The first-order valence-corrected chi connectivity index (χ1v) is 8.27. The van der Waals surface area contributed by atoms with Crippen LogP contribution in [0.2, 0.25) is 0 Å². The van der Waals surface area contributed by atoms with Crippen molar-refractivity contribution in [3.8, 4) is 11.4 Å². The van der Waals surface area contributed by atoms with Gasteiger partial charge in [-0.25, -0.2) is 8.78 Å². The van der Waals surface area contributed by atoms with E-state index in [1.54, 1.807) is 18.2 Å². The van der Waals surface area contributed by atoms with Crippen molar-refractivity contribution in [3.63, 3.8) is 0 Å². The molecular formula is C20H12F5N3. The summed E-state index contributed by atoms with van der Waals surface area (Å²) >= 11 is 0. The number of hydrogen-bond acceptors (Lipinski definition) is 2. The van der Waals surface area contributed by atoms with E-state index < -0.39 is 23.4 Å². The lowest BCUT2D eigenvalue weighted by Crippen LogP contribution is -2.09. The van der Waals surface area contributed by atoms with Crippen molar-refractivity contribution in [1.82, 2.24) is 14.8 Å². The highest BCUT2D eigenvalue weighted by Gasteiger charge is 2.34. The van der Waals surface area contributed by atoms with Crippen molar-refractivity contribution in [2.45, 2.75) is 12.7 Å². The number of rotatable bonds is 3. The summed E-state index contributed by atoms with van der Waals surface area (Å²) in [7, 11) is 0. The van der Waals surface area contributed by atoms with E-state index in [9.17, 15) is 22.0 Å². The first-order chi connectivity index (χ1) is 13.4. The quantitative estimate of drug-likeness (QED) is 0.437. The van der Waals surface area contributed by atoms with Crippen molar-refractivity contribution in [2.24, 2.45) is 0 Å². The Hall–Kier alpha value is -3.29. The molecule has 0 N–H and O–H groups in total. The summed E-state index contributed by atoms with van der Waals surface area (Å²) in [5, 5.41) is 4.26. The normalized spacial score (nSPS) is 11.9. The van der Waals surface area contributed by atoms with Gasteiger partial charge < -0.3 is 0 Å². The fourth-order valence-corrected chi connectivity index (χ4v) is 3.10. The van der Waals surface area contributed by atoms with Gasteiger partial charge in [0, 0.05) is 17.1 Å². The molecule has 2 aromatic heterocycles. The molecule has 0 spiro atoms.